The fourth-order valence-electron chi connectivity index (χ4n) is 3.44. The van der Waals surface area contributed by atoms with Crippen LogP contribution in [0, 0.1) is 5.41 Å². The van der Waals surface area contributed by atoms with Crippen LogP contribution in [0.25, 0.3) is 6.08 Å². The second-order valence-electron chi connectivity index (χ2n) is 7.01. The van der Waals surface area contributed by atoms with Crippen LogP contribution in [0.3, 0.4) is 0 Å². The Hall–Kier alpha value is -3.10. The van der Waals surface area contributed by atoms with Crippen LogP contribution in [0.5, 0.6) is 0 Å². The highest BCUT2D eigenvalue weighted by atomic mass is 32.2. The normalized spacial score (nSPS) is 18.0. The monoisotopic (exact) mass is 437 g/mol. The van der Waals surface area contributed by atoms with Crippen molar-refractivity contribution < 1.29 is 19.1 Å². The Bertz CT molecular complexity index is 1010. The van der Waals surface area contributed by atoms with E-state index in [0.717, 1.165) is 49.3 Å². The molecule has 31 heavy (non-hydrogen) atoms. The van der Waals surface area contributed by atoms with E-state index in [0.29, 0.717) is 22.8 Å². The maximum atomic E-state index is 12.9. The zero-order valence-electron chi connectivity index (χ0n) is 17.2. The molecule has 2 aliphatic heterocycles. The second kappa shape index (κ2) is 9.36. The summed E-state index contributed by atoms with van der Waals surface area (Å²) in [5, 5.41) is 8.39. The van der Waals surface area contributed by atoms with Gasteiger partial charge in [0.25, 0.3) is 5.91 Å². The number of morpholine rings is 1. The number of nitrogens with one attached hydrogen (secondary N) is 1. The number of hydrogen-bond acceptors (Lipinski definition) is 7. The number of carbonyl (C=O) groups is 2. The zero-order valence-corrected chi connectivity index (χ0v) is 18.0. The van der Waals surface area contributed by atoms with Gasteiger partial charge in [-0.1, -0.05) is 12.1 Å². The Kier molecular flexibility index (Phi) is 6.39. The summed E-state index contributed by atoms with van der Waals surface area (Å²) in [6.07, 6.45) is 1.80. The molecule has 0 aliphatic carbocycles. The standard InChI is InChI=1S/C23H23N3O4S/c1-2-30-22(28)17-5-9-19(10-6-17)26-21(27)20(31-23(26)24)15-16-3-7-18(8-4-16)25-11-13-29-14-12-25/h3-10,15,24H,2,11-14H2,1H3. The number of anilines is 2. The van der Waals surface area contributed by atoms with Crippen LogP contribution in [0.1, 0.15) is 22.8 Å². The third-order valence-electron chi connectivity index (χ3n) is 5.03. The van der Waals surface area contributed by atoms with Crippen molar-refractivity contribution in [3.05, 3.63) is 64.6 Å². The van der Waals surface area contributed by atoms with E-state index in [1.54, 1.807) is 37.3 Å². The van der Waals surface area contributed by atoms with Gasteiger partial charge in [0.2, 0.25) is 0 Å². The van der Waals surface area contributed by atoms with Crippen molar-refractivity contribution >= 4 is 46.3 Å². The Labute approximate surface area is 185 Å². The third-order valence-corrected chi connectivity index (χ3v) is 5.92. The highest BCUT2D eigenvalue weighted by molar-refractivity contribution is 8.19. The van der Waals surface area contributed by atoms with Gasteiger partial charge in [0, 0.05) is 18.8 Å². The Morgan fingerprint density at radius 1 is 1.10 bits per heavy atom. The van der Waals surface area contributed by atoms with Gasteiger partial charge in [0.1, 0.15) is 0 Å². The van der Waals surface area contributed by atoms with E-state index in [4.69, 9.17) is 14.9 Å². The number of rotatable bonds is 5. The van der Waals surface area contributed by atoms with Gasteiger partial charge in [-0.15, -0.1) is 0 Å². The summed E-state index contributed by atoms with van der Waals surface area (Å²) in [6.45, 7) is 5.25. The van der Waals surface area contributed by atoms with Crippen molar-refractivity contribution in [3.63, 3.8) is 0 Å². The molecule has 1 amide bonds. The minimum atomic E-state index is -0.410. The molecule has 0 spiro atoms. The lowest BCUT2D eigenvalue weighted by molar-refractivity contribution is -0.113. The molecule has 1 N–H and O–H groups in total. The maximum absolute atomic E-state index is 12.9. The van der Waals surface area contributed by atoms with Crippen molar-refractivity contribution in [2.75, 3.05) is 42.7 Å². The first-order valence-corrected chi connectivity index (χ1v) is 10.9. The van der Waals surface area contributed by atoms with Crippen LogP contribution in [-0.4, -0.2) is 50.0 Å². The summed E-state index contributed by atoms with van der Waals surface area (Å²) in [4.78, 5) is 28.9. The quantitative estimate of drug-likeness (QED) is 0.567. The van der Waals surface area contributed by atoms with E-state index in [1.807, 2.05) is 24.3 Å². The molecule has 0 radical (unpaired) electrons. The van der Waals surface area contributed by atoms with Crippen LogP contribution in [0.2, 0.25) is 0 Å². The summed E-state index contributed by atoms with van der Waals surface area (Å²) >= 11 is 1.12. The third kappa shape index (κ3) is 4.65. The van der Waals surface area contributed by atoms with E-state index in [-0.39, 0.29) is 11.1 Å². The van der Waals surface area contributed by atoms with E-state index in [1.165, 1.54) is 4.90 Å². The smallest absolute Gasteiger partial charge is 0.338 e. The SMILES string of the molecule is CCOC(=O)c1ccc(N2C(=N)SC(=Cc3ccc(N4CCOCC4)cc3)C2=O)cc1. The number of hydrogen-bond donors (Lipinski definition) is 1. The van der Waals surface area contributed by atoms with Crippen molar-refractivity contribution in [2.24, 2.45) is 0 Å². The van der Waals surface area contributed by atoms with Crippen LogP contribution >= 0.6 is 11.8 Å². The Morgan fingerprint density at radius 2 is 1.74 bits per heavy atom. The molecule has 8 heteroatoms. The van der Waals surface area contributed by atoms with Crippen LogP contribution in [-0.2, 0) is 14.3 Å². The minimum absolute atomic E-state index is 0.130. The topological polar surface area (TPSA) is 82.9 Å². The minimum Gasteiger partial charge on any atom is -0.462 e. The van der Waals surface area contributed by atoms with Crippen molar-refractivity contribution in [2.45, 2.75) is 6.92 Å². The lowest BCUT2D eigenvalue weighted by Crippen LogP contribution is -2.36. The molecular formula is C23H23N3O4S. The van der Waals surface area contributed by atoms with Gasteiger partial charge in [0.15, 0.2) is 5.17 Å². The number of benzene rings is 2. The number of thioether (sulfide) groups is 1. The average molecular weight is 438 g/mol. The Morgan fingerprint density at radius 3 is 2.39 bits per heavy atom. The van der Waals surface area contributed by atoms with Crippen molar-refractivity contribution in [1.82, 2.24) is 0 Å². The first-order valence-electron chi connectivity index (χ1n) is 10.1. The summed E-state index contributed by atoms with van der Waals surface area (Å²) in [7, 11) is 0. The summed E-state index contributed by atoms with van der Waals surface area (Å²) in [5.41, 5.74) is 2.99. The number of esters is 1. The number of carbonyl (C=O) groups excluding carboxylic acids is 2. The van der Waals surface area contributed by atoms with Gasteiger partial charge in [-0.05, 0) is 66.7 Å². The molecule has 0 bridgehead atoms. The highest BCUT2D eigenvalue weighted by Gasteiger charge is 2.33. The molecule has 4 rings (SSSR count). The highest BCUT2D eigenvalue weighted by Crippen LogP contribution is 2.35. The van der Waals surface area contributed by atoms with Gasteiger partial charge in [-0.3, -0.25) is 15.1 Å². The first kappa shape index (κ1) is 21.1. The average Bonchev–Trinajstić information content (AvgIpc) is 3.08. The number of amidine groups is 1. The number of nitrogens with zero attached hydrogens (tertiary/aromatic N) is 2. The lowest BCUT2D eigenvalue weighted by Gasteiger charge is -2.28. The van der Waals surface area contributed by atoms with Crippen LogP contribution in [0.4, 0.5) is 11.4 Å². The molecule has 0 unspecified atom stereocenters. The molecule has 2 aromatic rings. The molecule has 0 atom stereocenters. The van der Waals surface area contributed by atoms with Gasteiger partial charge >= 0.3 is 5.97 Å². The molecule has 160 valence electrons. The van der Waals surface area contributed by atoms with E-state index in [9.17, 15) is 9.59 Å². The molecule has 2 aliphatic rings. The molecule has 2 fully saturated rings. The number of amides is 1. The van der Waals surface area contributed by atoms with Crippen LogP contribution in [0.15, 0.2) is 53.4 Å². The lowest BCUT2D eigenvalue weighted by atomic mass is 10.1. The van der Waals surface area contributed by atoms with Crippen molar-refractivity contribution in [3.8, 4) is 0 Å². The van der Waals surface area contributed by atoms with Crippen LogP contribution < -0.4 is 9.80 Å². The largest absolute Gasteiger partial charge is 0.462 e. The summed E-state index contributed by atoms with van der Waals surface area (Å²) < 4.78 is 10.4. The van der Waals surface area contributed by atoms with Gasteiger partial charge < -0.3 is 14.4 Å². The fraction of sp³-hybridized carbons (Fsp3) is 0.261. The Balaban J connectivity index is 1.48. The van der Waals surface area contributed by atoms with E-state index < -0.39 is 5.97 Å². The predicted octanol–water partition coefficient (Wildman–Crippen LogP) is 3.76. The van der Waals surface area contributed by atoms with E-state index in [2.05, 4.69) is 4.90 Å². The van der Waals surface area contributed by atoms with Gasteiger partial charge in [-0.25, -0.2) is 4.79 Å². The fourth-order valence-corrected chi connectivity index (χ4v) is 4.30. The molecule has 2 heterocycles. The van der Waals surface area contributed by atoms with Gasteiger partial charge in [0.05, 0.1) is 36.0 Å². The molecule has 7 nitrogen and oxygen atoms in total. The number of ether oxygens (including phenoxy) is 2. The molecule has 0 saturated carbocycles. The molecule has 2 saturated heterocycles. The summed E-state index contributed by atoms with van der Waals surface area (Å²) in [6, 6.07) is 14.5. The molecular weight excluding hydrogens is 414 g/mol. The van der Waals surface area contributed by atoms with Crippen molar-refractivity contribution in [1.29, 1.82) is 5.41 Å². The van der Waals surface area contributed by atoms with E-state index >= 15 is 0 Å². The second-order valence-corrected chi connectivity index (χ2v) is 8.05. The summed E-state index contributed by atoms with van der Waals surface area (Å²) in [5.74, 6) is -0.663. The van der Waals surface area contributed by atoms with Gasteiger partial charge in [-0.2, -0.15) is 0 Å². The molecule has 0 aromatic heterocycles. The predicted molar refractivity (Wildman–Crippen MR) is 123 cm³/mol. The maximum Gasteiger partial charge on any atom is 0.338 e. The molecule has 2 aromatic carbocycles. The zero-order chi connectivity index (χ0) is 21.8. The first-order chi connectivity index (χ1) is 15.1.